The van der Waals surface area contributed by atoms with Gasteiger partial charge >= 0.3 is 6.03 Å². The highest BCUT2D eigenvalue weighted by molar-refractivity contribution is 5.71. The highest BCUT2D eigenvalue weighted by Gasteiger charge is 2.10. The molecule has 4 nitrogen and oxygen atoms in total. The molecule has 2 N–H and O–H groups in total. The van der Waals surface area contributed by atoms with E-state index in [1.54, 1.807) is 10.0 Å². The van der Waals surface area contributed by atoms with E-state index >= 15 is 0 Å². The normalized spacial score (nSPS) is 10.6. The van der Waals surface area contributed by atoms with Crippen LogP contribution in [0, 0.1) is 0 Å². The van der Waals surface area contributed by atoms with Gasteiger partial charge in [0.05, 0.1) is 0 Å². The van der Waals surface area contributed by atoms with Crippen LogP contribution in [0.4, 0.5) is 4.79 Å². The first-order valence-corrected chi connectivity index (χ1v) is 5.33. The van der Waals surface area contributed by atoms with Crippen molar-refractivity contribution in [2.45, 2.75) is 39.0 Å². The molecule has 0 aliphatic carbocycles. The van der Waals surface area contributed by atoms with Crippen molar-refractivity contribution < 1.29 is 4.79 Å². The Morgan fingerprint density at radius 1 is 1.14 bits per heavy atom. The molecule has 0 aliphatic rings. The van der Waals surface area contributed by atoms with E-state index in [4.69, 9.17) is 5.73 Å². The summed E-state index contributed by atoms with van der Waals surface area (Å²) in [6.45, 7) is 2.92. The van der Waals surface area contributed by atoms with Crippen LogP contribution < -0.4 is 5.73 Å². The summed E-state index contributed by atoms with van der Waals surface area (Å²) in [4.78, 5) is 11.0. The average molecular weight is 201 g/mol. The third kappa shape index (κ3) is 5.80. The third-order valence-electron chi connectivity index (χ3n) is 2.21. The molecule has 0 atom stereocenters. The quantitative estimate of drug-likeness (QED) is 0.504. The summed E-state index contributed by atoms with van der Waals surface area (Å²) in [5.41, 5.74) is 5.22. The van der Waals surface area contributed by atoms with E-state index in [0.717, 1.165) is 13.0 Å². The molecule has 0 saturated carbocycles. The highest BCUT2D eigenvalue weighted by Crippen LogP contribution is 2.04. The molecule has 0 heterocycles. The van der Waals surface area contributed by atoms with Crippen LogP contribution in [0.15, 0.2) is 0 Å². The number of rotatable bonds is 7. The van der Waals surface area contributed by atoms with Crippen molar-refractivity contribution in [3.8, 4) is 0 Å². The number of urea groups is 1. The summed E-state index contributed by atoms with van der Waals surface area (Å²) in [5, 5.41) is 3.30. The average Bonchev–Trinajstić information content (AvgIpc) is 2.09. The molecule has 0 aromatic rings. The molecule has 14 heavy (non-hydrogen) atoms. The van der Waals surface area contributed by atoms with Crippen LogP contribution >= 0.6 is 0 Å². The molecule has 0 unspecified atom stereocenters. The van der Waals surface area contributed by atoms with Crippen molar-refractivity contribution in [1.29, 1.82) is 0 Å². The van der Waals surface area contributed by atoms with Crippen LogP contribution in [0.2, 0.25) is 0 Å². The lowest BCUT2D eigenvalue weighted by Gasteiger charge is -2.26. The van der Waals surface area contributed by atoms with E-state index in [0.29, 0.717) is 0 Å². The van der Waals surface area contributed by atoms with Crippen LogP contribution in [0.3, 0.4) is 0 Å². The van der Waals surface area contributed by atoms with Crippen molar-refractivity contribution in [3.05, 3.63) is 0 Å². The van der Waals surface area contributed by atoms with Gasteiger partial charge in [-0.1, -0.05) is 32.6 Å². The van der Waals surface area contributed by atoms with E-state index in [1.807, 2.05) is 14.1 Å². The second kappa shape index (κ2) is 7.62. The smallest absolute Gasteiger partial charge is 0.329 e. The fraction of sp³-hybridized carbons (Fsp3) is 0.900. The summed E-state index contributed by atoms with van der Waals surface area (Å²) < 4.78 is 0. The Balaban J connectivity index is 3.57. The van der Waals surface area contributed by atoms with Gasteiger partial charge in [0.2, 0.25) is 0 Å². The lowest BCUT2D eigenvalue weighted by molar-refractivity contribution is 0.0667. The Hall–Kier alpha value is -0.770. The maximum absolute atomic E-state index is 11.0. The minimum atomic E-state index is -0.370. The van der Waals surface area contributed by atoms with E-state index in [2.05, 4.69) is 6.92 Å². The molecule has 4 heteroatoms. The third-order valence-corrected chi connectivity index (χ3v) is 2.21. The largest absolute Gasteiger partial charge is 0.350 e. The van der Waals surface area contributed by atoms with E-state index in [1.165, 1.54) is 25.7 Å². The number of hydrazine groups is 1. The number of hydrogen-bond donors (Lipinski definition) is 1. The first-order valence-electron chi connectivity index (χ1n) is 5.33. The van der Waals surface area contributed by atoms with Crippen molar-refractivity contribution in [2.24, 2.45) is 5.73 Å². The number of primary amides is 1. The van der Waals surface area contributed by atoms with E-state index in [-0.39, 0.29) is 6.03 Å². The molecule has 0 rings (SSSR count). The first-order chi connectivity index (χ1) is 6.59. The first kappa shape index (κ1) is 13.2. The van der Waals surface area contributed by atoms with Crippen LogP contribution in [0.5, 0.6) is 0 Å². The molecule has 0 bridgehead atoms. The Morgan fingerprint density at radius 2 is 1.71 bits per heavy atom. The molecule has 0 saturated heterocycles. The van der Waals surface area contributed by atoms with Gasteiger partial charge in [0, 0.05) is 20.6 Å². The van der Waals surface area contributed by atoms with Crippen molar-refractivity contribution in [2.75, 3.05) is 20.6 Å². The molecule has 84 valence electrons. The number of hydrogen-bond acceptors (Lipinski definition) is 2. The number of unbranched alkanes of at least 4 members (excludes halogenated alkanes) is 4. The Kier molecular flexibility index (Phi) is 7.20. The fourth-order valence-electron chi connectivity index (χ4n) is 1.37. The molecule has 0 fully saturated rings. The molecule has 0 aromatic carbocycles. The molecule has 0 spiro atoms. The van der Waals surface area contributed by atoms with Crippen LogP contribution in [0.1, 0.15) is 39.0 Å². The summed E-state index contributed by atoms with van der Waals surface area (Å²) in [6.07, 6.45) is 5.97. The van der Waals surface area contributed by atoms with Crippen LogP contribution in [-0.4, -0.2) is 36.7 Å². The fourth-order valence-corrected chi connectivity index (χ4v) is 1.37. The topological polar surface area (TPSA) is 49.6 Å². The Labute approximate surface area is 87.0 Å². The summed E-state index contributed by atoms with van der Waals surface area (Å²) in [6, 6.07) is -0.370. The van der Waals surface area contributed by atoms with Gasteiger partial charge in [0.15, 0.2) is 0 Å². The SMILES string of the molecule is CCCCCCCN(C(N)=O)N(C)C. The minimum absolute atomic E-state index is 0.370. The van der Waals surface area contributed by atoms with Gasteiger partial charge in [-0.25, -0.2) is 9.80 Å². The second-order valence-corrected chi connectivity index (χ2v) is 3.72. The number of carbonyl (C=O) groups excluding carboxylic acids is 1. The minimum Gasteiger partial charge on any atom is -0.350 e. The Morgan fingerprint density at radius 3 is 2.14 bits per heavy atom. The number of carbonyl (C=O) groups is 1. The highest BCUT2D eigenvalue weighted by atomic mass is 16.2. The summed E-state index contributed by atoms with van der Waals surface area (Å²) in [5.74, 6) is 0. The zero-order valence-corrected chi connectivity index (χ0v) is 9.62. The van der Waals surface area contributed by atoms with Gasteiger partial charge in [0.1, 0.15) is 0 Å². The van der Waals surface area contributed by atoms with Crippen molar-refractivity contribution >= 4 is 6.03 Å². The van der Waals surface area contributed by atoms with E-state index in [9.17, 15) is 4.79 Å². The molecule has 0 aromatic heterocycles. The molecular formula is C10H23N3O. The van der Waals surface area contributed by atoms with Gasteiger partial charge < -0.3 is 5.73 Å². The van der Waals surface area contributed by atoms with Gasteiger partial charge in [0.25, 0.3) is 0 Å². The lowest BCUT2D eigenvalue weighted by Crippen LogP contribution is -2.45. The second-order valence-electron chi connectivity index (χ2n) is 3.72. The summed E-state index contributed by atoms with van der Waals surface area (Å²) in [7, 11) is 3.66. The van der Waals surface area contributed by atoms with Crippen molar-refractivity contribution in [3.63, 3.8) is 0 Å². The van der Waals surface area contributed by atoms with Gasteiger partial charge in [-0.2, -0.15) is 0 Å². The Bertz CT molecular complexity index is 159. The van der Waals surface area contributed by atoms with Crippen molar-refractivity contribution in [1.82, 2.24) is 10.0 Å². The molecule has 2 amide bonds. The van der Waals surface area contributed by atoms with Crippen LogP contribution in [0.25, 0.3) is 0 Å². The standard InChI is InChI=1S/C10H23N3O/c1-4-5-6-7-8-9-13(10(11)14)12(2)3/h4-9H2,1-3H3,(H2,11,14). The molecule has 0 radical (unpaired) electrons. The molecule has 0 aliphatic heterocycles. The zero-order chi connectivity index (χ0) is 11.0. The van der Waals surface area contributed by atoms with Gasteiger partial charge in [-0.05, 0) is 6.42 Å². The van der Waals surface area contributed by atoms with E-state index < -0.39 is 0 Å². The number of nitrogens with zero attached hydrogens (tertiary/aromatic N) is 2. The maximum atomic E-state index is 11.0. The van der Waals surface area contributed by atoms with Gasteiger partial charge in [-0.3, -0.25) is 5.01 Å². The summed E-state index contributed by atoms with van der Waals surface area (Å²) >= 11 is 0. The predicted octanol–water partition coefficient (Wildman–Crippen LogP) is 1.81. The van der Waals surface area contributed by atoms with Crippen LogP contribution in [-0.2, 0) is 0 Å². The maximum Gasteiger partial charge on any atom is 0.329 e. The lowest BCUT2D eigenvalue weighted by atomic mass is 10.1. The zero-order valence-electron chi connectivity index (χ0n) is 9.62. The molecular weight excluding hydrogens is 178 g/mol. The van der Waals surface area contributed by atoms with Gasteiger partial charge in [-0.15, -0.1) is 0 Å². The number of nitrogens with two attached hydrogens (primary N) is 1. The number of amides is 2. The predicted molar refractivity (Wildman–Crippen MR) is 58.7 cm³/mol. The monoisotopic (exact) mass is 201 g/mol.